The number of carbonyl (C=O) groups is 1. The van der Waals surface area contributed by atoms with Crippen molar-refractivity contribution in [1.29, 1.82) is 0 Å². The molecule has 0 unspecified atom stereocenters. The first-order valence-corrected chi connectivity index (χ1v) is 8.30. The molecule has 2 rings (SSSR count). The number of hydrogen-bond acceptors (Lipinski definition) is 5. The topological polar surface area (TPSA) is 81.2 Å². The Bertz CT molecular complexity index is 821. The van der Waals surface area contributed by atoms with Crippen molar-refractivity contribution < 1.29 is 22.2 Å². The minimum atomic E-state index is -4.64. The van der Waals surface area contributed by atoms with E-state index in [1.165, 1.54) is 0 Å². The number of benzene rings is 1. The first kappa shape index (κ1) is 19.8. The van der Waals surface area contributed by atoms with Crippen molar-refractivity contribution in [2.75, 3.05) is 10.0 Å². The third-order valence-electron chi connectivity index (χ3n) is 3.08. The summed E-state index contributed by atoms with van der Waals surface area (Å²) in [5.41, 5.74) is 4.90. The largest absolute Gasteiger partial charge is 0.464 e. The van der Waals surface area contributed by atoms with E-state index in [0.29, 0.717) is 18.5 Å². The van der Waals surface area contributed by atoms with E-state index in [4.69, 9.17) is 28.9 Å². The highest BCUT2D eigenvalue weighted by molar-refractivity contribution is 7.82. The highest BCUT2D eigenvalue weighted by Gasteiger charge is 2.33. The molecule has 1 heterocycles. The molecule has 0 fully saturated rings. The van der Waals surface area contributed by atoms with Gasteiger partial charge in [0.1, 0.15) is 17.1 Å². The quantitative estimate of drug-likeness (QED) is 0.431. The molecule has 25 heavy (non-hydrogen) atoms. The number of nitrogens with two attached hydrogens (primary N) is 1. The number of alkyl halides is 3. The minimum absolute atomic E-state index is 0.0637. The van der Waals surface area contributed by atoms with Crippen LogP contribution in [-0.2, 0) is 32.6 Å². The molecule has 0 aliphatic heterocycles. The smallest absolute Gasteiger partial charge is 0.383 e. The minimum Gasteiger partial charge on any atom is -0.383 e. The van der Waals surface area contributed by atoms with Crippen LogP contribution in [-0.4, -0.2) is 16.2 Å². The Hall–Kier alpha value is -1.56. The zero-order valence-electron chi connectivity index (χ0n) is 11.9. The van der Waals surface area contributed by atoms with E-state index < -0.39 is 11.7 Å². The number of nitrogen functional groups attached to an aromatic ring is 1. The van der Waals surface area contributed by atoms with Crippen LogP contribution in [0.1, 0.15) is 11.1 Å². The SMILES string of the molecule is Nc1c(C[S+]=O)c(N(S)C=O)nn1-c1c(Cl)cc(C(F)(F)F)cc1Cl. The Kier molecular flexibility index (Phi) is 5.82. The van der Waals surface area contributed by atoms with Gasteiger partial charge in [0.15, 0.2) is 5.82 Å². The second-order valence-corrected chi connectivity index (χ2v) is 6.37. The van der Waals surface area contributed by atoms with Gasteiger partial charge in [-0.2, -0.15) is 13.2 Å². The van der Waals surface area contributed by atoms with Gasteiger partial charge in [-0.15, -0.1) is 5.10 Å². The molecule has 0 saturated carbocycles. The molecule has 0 spiro atoms. The number of nitrogens with zero attached hydrogens (tertiary/aromatic N) is 3. The number of amides is 1. The van der Waals surface area contributed by atoms with Gasteiger partial charge in [0.05, 0.1) is 15.6 Å². The van der Waals surface area contributed by atoms with Crippen LogP contribution in [0.3, 0.4) is 0 Å². The average Bonchev–Trinajstić information content (AvgIpc) is 2.83. The molecule has 2 N–H and O–H groups in total. The van der Waals surface area contributed by atoms with E-state index in [9.17, 15) is 22.2 Å². The number of rotatable bonds is 5. The fourth-order valence-electron chi connectivity index (χ4n) is 1.98. The highest BCUT2D eigenvalue weighted by atomic mass is 35.5. The van der Waals surface area contributed by atoms with Crippen LogP contribution < -0.4 is 10.0 Å². The Morgan fingerprint density at radius 3 is 2.36 bits per heavy atom. The molecule has 0 bridgehead atoms. The van der Waals surface area contributed by atoms with Crippen molar-refractivity contribution in [3.8, 4) is 5.69 Å². The van der Waals surface area contributed by atoms with Crippen LogP contribution in [0.15, 0.2) is 12.1 Å². The summed E-state index contributed by atoms with van der Waals surface area (Å²) in [7, 11) is 0. The highest BCUT2D eigenvalue weighted by Crippen LogP contribution is 2.39. The van der Waals surface area contributed by atoms with Crippen LogP contribution in [0.5, 0.6) is 0 Å². The fourth-order valence-corrected chi connectivity index (χ4v) is 3.19. The lowest BCUT2D eigenvalue weighted by Crippen LogP contribution is -2.10. The molecule has 1 aromatic heterocycles. The summed E-state index contributed by atoms with van der Waals surface area (Å²) in [6, 6.07) is 1.34. The maximum atomic E-state index is 12.8. The molecule has 1 aromatic carbocycles. The van der Waals surface area contributed by atoms with E-state index in [-0.39, 0.29) is 50.4 Å². The number of anilines is 2. The monoisotopic (exact) mass is 431 g/mol. The summed E-state index contributed by atoms with van der Waals surface area (Å²) in [5, 5.41) is 3.27. The molecule has 134 valence electrons. The summed E-state index contributed by atoms with van der Waals surface area (Å²) in [5.74, 6) is -0.337. The number of carbonyl (C=O) groups excluding carboxylic acids is 1. The third-order valence-corrected chi connectivity index (χ3v) is 4.34. The van der Waals surface area contributed by atoms with Gasteiger partial charge in [0.25, 0.3) is 5.75 Å². The van der Waals surface area contributed by atoms with Gasteiger partial charge in [-0.05, 0) is 12.1 Å². The molecule has 1 amide bonds. The van der Waals surface area contributed by atoms with Crippen molar-refractivity contribution in [3.05, 3.63) is 33.3 Å². The molecule has 6 nitrogen and oxygen atoms in total. The summed E-state index contributed by atoms with van der Waals surface area (Å²) in [6.45, 7) is 0. The van der Waals surface area contributed by atoms with Gasteiger partial charge in [-0.25, -0.2) is 8.99 Å². The fraction of sp³-hybridized carbons (Fsp3) is 0.167. The molecule has 0 radical (unpaired) electrons. The summed E-state index contributed by atoms with van der Waals surface area (Å²) in [6.07, 6.45) is -4.33. The standard InChI is InChI=1S/C12H8Cl2F3N4O2S2/c13-7-1-5(12(15,16)17)2-8(14)9(7)21-10(18)6(3-25-23)11(19-21)20(24)4-22/h1-2,4,24H,3,18H2/q+1. The predicted molar refractivity (Wildman–Crippen MR) is 92.3 cm³/mol. The first-order chi connectivity index (χ1) is 11.6. The lowest BCUT2D eigenvalue weighted by Gasteiger charge is -2.13. The second-order valence-electron chi connectivity index (χ2n) is 4.60. The van der Waals surface area contributed by atoms with Crippen LogP contribution in [0.2, 0.25) is 10.0 Å². The van der Waals surface area contributed by atoms with Crippen LogP contribution in [0.4, 0.5) is 24.8 Å². The zero-order valence-corrected chi connectivity index (χ0v) is 15.1. The summed E-state index contributed by atoms with van der Waals surface area (Å²) >= 11 is 15.9. The molecular formula is C12H8Cl2F3N4O2S2+. The van der Waals surface area contributed by atoms with E-state index in [2.05, 4.69) is 17.9 Å². The van der Waals surface area contributed by atoms with Gasteiger partial charge in [-0.3, -0.25) is 4.79 Å². The van der Waals surface area contributed by atoms with Crippen molar-refractivity contribution in [2.45, 2.75) is 11.9 Å². The lowest BCUT2D eigenvalue weighted by atomic mass is 10.2. The van der Waals surface area contributed by atoms with Crippen molar-refractivity contribution >= 4 is 65.7 Å². The third kappa shape index (κ3) is 3.84. The van der Waals surface area contributed by atoms with Crippen LogP contribution in [0, 0.1) is 0 Å². The Balaban J connectivity index is 2.71. The van der Waals surface area contributed by atoms with Gasteiger partial charge >= 0.3 is 17.8 Å². The summed E-state index contributed by atoms with van der Waals surface area (Å²) in [4.78, 5) is 10.9. The van der Waals surface area contributed by atoms with Gasteiger partial charge in [-0.1, -0.05) is 36.0 Å². The first-order valence-electron chi connectivity index (χ1n) is 6.24. The maximum Gasteiger partial charge on any atom is 0.464 e. The second kappa shape index (κ2) is 7.36. The molecule has 0 aliphatic carbocycles. The Morgan fingerprint density at radius 2 is 1.92 bits per heavy atom. The van der Waals surface area contributed by atoms with Gasteiger partial charge < -0.3 is 5.73 Å². The molecule has 0 saturated heterocycles. The maximum absolute atomic E-state index is 12.8. The molecule has 2 aromatic rings. The molecule has 13 heteroatoms. The average molecular weight is 432 g/mol. The number of hydrogen-bond donors (Lipinski definition) is 2. The molecular weight excluding hydrogens is 424 g/mol. The summed E-state index contributed by atoms with van der Waals surface area (Å²) < 4.78 is 51.1. The van der Waals surface area contributed by atoms with Gasteiger partial charge in [0.2, 0.25) is 6.41 Å². The van der Waals surface area contributed by atoms with E-state index in [0.717, 1.165) is 8.99 Å². The van der Waals surface area contributed by atoms with E-state index in [1.54, 1.807) is 0 Å². The normalized spacial score (nSPS) is 11.4. The van der Waals surface area contributed by atoms with Gasteiger partial charge in [0, 0.05) is 4.21 Å². The number of aromatic nitrogens is 2. The van der Waals surface area contributed by atoms with Crippen molar-refractivity contribution in [1.82, 2.24) is 9.78 Å². The van der Waals surface area contributed by atoms with Crippen LogP contribution >= 0.6 is 36.0 Å². The molecule has 0 aliphatic rings. The zero-order chi connectivity index (χ0) is 18.9. The number of thiol groups is 1. The molecule has 0 atom stereocenters. The van der Waals surface area contributed by atoms with E-state index >= 15 is 0 Å². The van der Waals surface area contributed by atoms with Crippen LogP contribution in [0.25, 0.3) is 5.69 Å². The number of halogens is 5. The Labute approximate surface area is 158 Å². The Morgan fingerprint density at radius 1 is 1.36 bits per heavy atom. The predicted octanol–water partition coefficient (Wildman–Crippen LogP) is 3.52. The lowest BCUT2D eigenvalue weighted by molar-refractivity contribution is -0.137. The van der Waals surface area contributed by atoms with Crippen molar-refractivity contribution in [2.24, 2.45) is 0 Å². The van der Waals surface area contributed by atoms with Crippen molar-refractivity contribution in [3.63, 3.8) is 0 Å². The van der Waals surface area contributed by atoms with E-state index in [1.807, 2.05) is 0 Å².